The number of sulfonamides is 1. The molecule has 0 heterocycles. The van der Waals surface area contributed by atoms with E-state index in [4.69, 9.17) is 0 Å². The van der Waals surface area contributed by atoms with Gasteiger partial charge >= 0.3 is 0 Å². The van der Waals surface area contributed by atoms with Gasteiger partial charge in [-0.3, -0.25) is 4.72 Å². The number of hydrogen-bond donors (Lipinski definition) is 1. The average Bonchev–Trinajstić information content (AvgIpc) is 2.40. The fourth-order valence-corrected chi connectivity index (χ4v) is 3.33. The second-order valence-corrected chi connectivity index (χ2v) is 6.82. The molecule has 0 radical (unpaired) electrons. The minimum Gasteiger partial charge on any atom is -0.279 e. The van der Waals surface area contributed by atoms with Crippen LogP contribution in [0, 0.1) is 5.82 Å². The molecule has 0 atom stereocenters. The van der Waals surface area contributed by atoms with Gasteiger partial charge in [0, 0.05) is 4.47 Å². The van der Waals surface area contributed by atoms with Crippen molar-refractivity contribution in [2.45, 2.75) is 18.2 Å². The van der Waals surface area contributed by atoms with Crippen LogP contribution in [0.3, 0.4) is 0 Å². The average molecular weight is 358 g/mol. The summed E-state index contributed by atoms with van der Waals surface area (Å²) in [6.45, 7) is 1.93. The molecule has 106 valence electrons. The molecule has 1 N–H and O–H groups in total. The van der Waals surface area contributed by atoms with E-state index in [0.29, 0.717) is 12.1 Å². The molecule has 0 aromatic heterocycles. The van der Waals surface area contributed by atoms with Crippen molar-refractivity contribution in [2.24, 2.45) is 0 Å². The van der Waals surface area contributed by atoms with Crippen LogP contribution in [-0.2, 0) is 16.4 Å². The third-order valence-corrected chi connectivity index (χ3v) is 4.66. The molecule has 2 aromatic carbocycles. The highest BCUT2D eigenvalue weighted by atomic mass is 79.9. The molecule has 6 heteroatoms. The largest absolute Gasteiger partial charge is 0.279 e. The van der Waals surface area contributed by atoms with Gasteiger partial charge in [-0.2, -0.15) is 0 Å². The van der Waals surface area contributed by atoms with E-state index in [1.807, 2.05) is 13.0 Å². The Morgan fingerprint density at radius 1 is 1.20 bits per heavy atom. The molecule has 0 spiro atoms. The highest BCUT2D eigenvalue weighted by Crippen LogP contribution is 2.24. The monoisotopic (exact) mass is 357 g/mol. The first-order valence-corrected chi connectivity index (χ1v) is 8.27. The highest BCUT2D eigenvalue weighted by molar-refractivity contribution is 9.10. The van der Waals surface area contributed by atoms with Crippen molar-refractivity contribution in [1.82, 2.24) is 0 Å². The third-order valence-electron chi connectivity index (χ3n) is 2.80. The molecule has 2 rings (SSSR count). The zero-order chi connectivity index (χ0) is 14.8. The lowest BCUT2D eigenvalue weighted by Gasteiger charge is -2.12. The molecule has 0 aliphatic carbocycles. The van der Waals surface area contributed by atoms with Crippen molar-refractivity contribution in [3.8, 4) is 0 Å². The van der Waals surface area contributed by atoms with E-state index in [-0.39, 0.29) is 4.90 Å². The van der Waals surface area contributed by atoms with Gasteiger partial charge in [-0.15, -0.1) is 0 Å². The van der Waals surface area contributed by atoms with E-state index in [1.54, 1.807) is 12.1 Å². The van der Waals surface area contributed by atoms with Crippen LogP contribution in [0.25, 0.3) is 0 Å². The van der Waals surface area contributed by atoms with E-state index in [1.165, 1.54) is 18.2 Å². The zero-order valence-corrected chi connectivity index (χ0v) is 13.1. The number of rotatable bonds is 4. The summed E-state index contributed by atoms with van der Waals surface area (Å²) in [5.74, 6) is -0.584. The van der Waals surface area contributed by atoms with Crippen molar-refractivity contribution in [3.05, 3.63) is 58.3 Å². The summed E-state index contributed by atoms with van der Waals surface area (Å²) in [6.07, 6.45) is 0.681. The molecule has 0 unspecified atom stereocenters. The molecule has 0 aliphatic heterocycles. The number of halogens is 2. The van der Waals surface area contributed by atoms with Gasteiger partial charge in [-0.25, -0.2) is 12.8 Å². The summed E-state index contributed by atoms with van der Waals surface area (Å²) in [4.78, 5) is -0.0949. The summed E-state index contributed by atoms with van der Waals surface area (Å²) >= 11 is 3.34. The molecule has 0 aliphatic rings. The van der Waals surface area contributed by atoms with E-state index in [2.05, 4.69) is 20.7 Å². The fourth-order valence-electron chi connectivity index (χ4n) is 1.79. The Bertz CT molecular complexity index is 732. The first-order valence-electron chi connectivity index (χ1n) is 5.99. The van der Waals surface area contributed by atoms with E-state index in [9.17, 15) is 12.8 Å². The van der Waals surface area contributed by atoms with Crippen LogP contribution in [0.5, 0.6) is 0 Å². The lowest BCUT2D eigenvalue weighted by Crippen LogP contribution is -2.14. The maximum Gasteiger partial charge on any atom is 0.262 e. The predicted molar refractivity (Wildman–Crippen MR) is 80.7 cm³/mol. The summed E-state index contributed by atoms with van der Waals surface area (Å²) in [7, 11) is -3.79. The van der Waals surface area contributed by atoms with Gasteiger partial charge in [0.15, 0.2) is 0 Å². The Labute approximate surface area is 126 Å². The Hall–Kier alpha value is -1.40. The first-order chi connectivity index (χ1) is 9.42. The SMILES string of the molecule is CCc1cc(Br)ccc1NS(=O)(=O)c1cccc(F)c1. The zero-order valence-electron chi connectivity index (χ0n) is 10.7. The van der Waals surface area contributed by atoms with Gasteiger partial charge in [0.25, 0.3) is 10.0 Å². The lowest BCUT2D eigenvalue weighted by atomic mass is 10.1. The minimum atomic E-state index is -3.79. The van der Waals surface area contributed by atoms with E-state index in [0.717, 1.165) is 16.1 Å². The number of nitrogens with one attached hydrogen (secondary N) is 1. The van der Waals surface area contributed by atoms with Crippen molar-refractivity contribution in [2.75, 3.05) is 4.72 Å². The van der Waals surface area contributed by atoms with Crippen LogP contribution >= 0.6 is 15.9 Å². The highest BCUT2D eigenvalue weighted by Gasteiger charge is 2.16. The molecule has 3 nitrogen and oxygen atoms in total. The number of aryl methyl sites for hydroxylation is 1. The molecule has 0 bridgehead atoms. The van der Waals surface area contributed by atoms with Crippen molar-refractivity contribution in [1.29, 1.82) is 0 Å². The maximum absolute atomic E-state index is 13.1. The van der Waals surface area contributed by atoms with Crippen molar-refractivity contribution < 1.29 is 12.8 Å². The molecular weight excluding hydrogens is 345 g/mol. The van der Waals surface area contributed by atoms with E-state index < -0.39 is 15.8 Å². The quantitative estimate of drug-likeness (QED) is 0.900. The maximum atomic E-state index is 13.1. The first kappa shape index (κ1) is 15.0. The Morgan fingerprint density at radius 2 is 1.95 bits per heavy atom. The molecular formula is C14H13BrFNO2S. The van der Waals surface area contributed by atoms with Crippen molar-refractivity contribution in [3.63, 3.8) is 0 Å². The lowest BCUT2D eigenvalue weighted by molar-refractivity contribution is 0.595. The van der Waals surface area contributed by atoms with Gasteiger partial charge in [-0.05, 0) is 48.4 Å². The van der Waals surface area contributed by atoms with Gasteiger partial charge in [0.2, 0.25) is 0 Å². The van der Waals surface area contributed by atoms with Crippen LogP contribution in [-0.4, -0.2) is 8.42 Å². The van der Waals surface area contributed by atoms with Crippen molar-refractivity contribution >= 4 is 31.6 Å². The molecule has 0 saturated heterocycles. The number of benzene rings is 2. The summed E-state index contributed by atoms with van der Waals surface area (Å²) in [6, 6.07) is 10.2. The Kier molecular flexibility index (Phi) is 4.45. The Balaban J connectivity index is 2.38. The number of hydrogen-bond acceptors (Lipinski definition) is 2. The molecule has 0 fully saturated rings. The fraction of sp³-hybridized carbons (Fsp3) is 0.143. The summed E-state index contributed by atoms with van der Waals surface area (Å²) in [5.41, 5.74) is 1.36. The second kappa shape index (κ2) is 5.93. The molecule has 2 aromatic rings. The molecule has 20 heavy (non-hydrogen) atoms. The molecule has 0 saturated carbocycles. The normalized spacial score (nSPS) is 11.3. The van der Waals surface area contributed by atoms with Gasteiger partial charge in [-0.1, -0.05) is 28.9 Å². The third kappa shape index (κ3) is 3.37. The second-order valence-electron chi connectivity index (χ2n) is 4.22. The standard InChI is InChI=1S/C14H13BrFNO2S/c1-2-10-8-11(15)6-7-14(10)17-20(18,19)13-5-3-4-12(16)9-13/h3-9,17H,2H2,1H3. The van der Waals surface area contributed by atoms with E-state index >= 15 is 0 Å². The topological polar surface area (TPSA) is 46.2 Å². The predicted octanol–water partition coefficient (Wildman–Crippen LogP) is 3.95. The van der Waals surface area contributed by atoms with Crippen LogP contribution < -0.4 is 4.72 Å². The van der Waals surface area contributed by atoms with Gasteiger partial charge < -0.3 is 0 Å². The minimum absolute atomic E-state index is 0.0949. The Morgan fingerprint density at radius 3 is 2.60 bits per heavy atom. The van der Waals surface area contributed by atoms with Crippen LogP contribution in [0.1, 0.15) is 12.5 Å². The van der Waals surface area contributed by atoms with Gasteiger partial charge in [0.1, 0.15) is 5.82 Å². The number of anilines is 1. The van der Waals surface area contributed by atoms with Gasteiger partial charge in [0.05, 0.1) is 10.6 Å². The van der Waals surface area contributed by atoms with Crippen LogP contribution in [0.2, 0.25) is 0 Å². The molecule has 0 amide bonds. The summed E-state index contributed by atoms with van der Waals surface area (Å²) in [5, 5.41) is 0. The van der Waals surface area contributed by atoms with Crippen LogP contribution in [0.15, 0.2) is 51.8 Å². The van der Waals surface area contributed by atoms with Crippen LogP contribution in [0.4, 0.5) is 10.1 Å². The smallest absolute Gasteiger partial charge is 0.262 e. The summed E-state index contributed by atoms with van der Waals surface area (Å²) < 4.78 is 40.9.